The van der Waals surface area contributed by atoms with Crippen molar-refractivity contribution in [1.29, 1.82) is 0 Å². The summed E-state index contributed by atoms with van der Waals surface area (Å²) in [7, 11) is 0. The lowest BCUT2D eigenvalue weighted by Crippen LogP contribution is -2.37. The van der Waals surface area contributed by atoms with Gasteiger partial charge in [-0.2, -0.15) is 13.2 Å². The molecule has 7 heteroatoms. The van der Waals surface area contributed by atoms with E-state index in [0.29, 0.717) is 0 Å². The van der Waals surface area contributed by atoms with Gasteiger partial charge in [-0.15, -0.1) is 0 Å². The molecule has 0 heterocycles. The van der Waals surface area contributed by atoms with Crippen LogP contribution in [-0.2, 0) is 20.0 Å². The Hall–Kier alpha value is -0.140. The Bertz CT molecular complexity index is 238. The summed E-state index contributed by atoms with van der Waals surface area (Å²) in [6.07, 6.45) is 2.90. The average molecular weight is 246 g/mol. The largest absolute Gasteiger partial charge is 0.497 e. The molecule has 0 saturated heterocycles. The van der Waals surface area contributed by atoms with Crippen LogP contribution in [0.4, 0.5) is 13.2 Å². The number of hydrogen-bond acceptors (Lipinski definition) is 3. The van der Waals surface area contributed by atoms with Gasteiger partial charge < -0.3 is 4.74 Å². The molecule has 1 aliphatic carbocycles. The van der Waals surface area contributed by atoms with E-state index < -0.39 is 16.6 Å². The first-order valence-corrected chi connectivity index (χ1v) is 5.67. The van der Waals surface area contributed by atoms with Gasteiger partial charge in [0.1, 0.15) is 0 Å². The highest BCUT2D eigenvalue weighted by molar-refractivity contribution is 7.81. The van der Waals surface area contributed by atoms with Crippen molar-refractivity contribution in [3.8, 4) is 0 Å². The van der Waals surface area contributed by atoms with Gasteiger partial charge in [-0.1, -0.05) is 0 Å². The highest BCUT2D eigenvalue weighted by Crippen LogP contribution is 2.34. The molecular formula is C8H13F3O3S. The smallest absolute Gasteiger partial charge is 0.373 e. The van der Waals surface area contributed by atoms with Crippen LogP contribution in [0.25, 0.3) is 0 Å². The van der Waals surface area contributed by atoms with E-state index in [1.807, 2.05) is 6.92 Å². The molecule has 0 aromatic carbocycles. The maximum absolute atomic E-state index is 11.7. The van der Waals surface area contributed by atoms with E-state index in [4.69, 9.17) is 4.74 Å². The van der Waals surface area contributed by atoms with Gasteiger partial charge in [-0.05, 0) is 26.2 Å². The standard InChI is InChI=1S/C8H13F3O3S/c1-7(3-2-4-7)13-5-6-14-15(12)8(9,10)11/h2-6H2,1H3. The fourth-order valence-corrected chi connectivity index (χ4v) is 1.64. The van der Waals surface area contributed by atoms with Gasteiger partial charge in [0.15, 0.2) is 0 Å². The minimum absolute atomic E-state index is 0.0400. The van der Waals surface area contributed by atoms with Crippen molar-refractivity contribution in [1.82, 2.24) is 0 Å². The van der Waals surface area contributed by atoms with Crippen molar-refractivity contribution in [2.24, 2.45) is 0 Å². The molecule has 1 unspecified atom stereocenters. The minimum atomic E-state index is -4.81. The summed E-state index contributed by atoms with van der Waals surface area (Å²) >= 11 is -3.23. The predicted octanol–water partition coefficient (Wildman–Crippen LogP) is 2.15. The third-order valence-electron chi connectivity index (χ3n) is 2.32. The average Bonchev–Trinajstić information content (AvgIpc) is 2.07. The third-order valence-corrected chi connectivity index (χ3v) is 3.08. The quantitative estimate of drug-likeness (QED) is 0.697. The fraction of sp³-hybridized carbons (Fsp3) is 1.00. The summed E-state index contributed by atoms with van der Waals surface area (Å²) in [6.45, 7) is 1.64. The van der Waals surface area contributed by atoms with Crippen molar-refractivity contribution in [3.05, 3.63) is 0 Å². The summed E-state index contributed by atoms with van der Waals surface area (Å²) < 4.78 is 54.9. The zero-order valence-electron chi connectivity index (χ0n) is 8.30. The maximum Gasteiger partial charge on any atom is 0.497 e. The number of hydrogen-bond donors (Lipinski definition) is 0. The van der Waals surface area contributed by atoms with Gasteiger partial charge >= 0.3 is 5.51 Å². The first kappa shape index (κ1) is 12.9. The minimum Gasteiger partial charge on any atom is -0.373 e. The SMILES string of the molecule is CC1(OCCOS(=O)C(F)(F)F)CCC1. The highest BCUT2D eigenvalue weighted by atomic mass is 32.2. The molecule has 3 nitrogen and oxygen atoms in total. The molecule has 0 aliphatic heterocycles. The van der Waals surface area contributed by atoms with Crippen LogP contribution < -0.4 is 0 Å². The molecule has 1 atom stereocenters. The lowest BCUT2D eigenvalue weighted by Gasteiger charge is -2.38. The zero-order chi connectivity index (χ0) is 11.5. The van der Waals surface area contributed by atoms with Crippen LogP contribution in [0, 0.1) is 0 Å². The molecular weight excluding hydrogens is 233 g/mol. The first-order chi connectivity index (χ1) is 6.83. The first-order valence-electron chi connectivity index (χ1n) is 4.59. The van der Waals surface area contributed by atoms with Gasteiger partial charge in [-0.25, -0.2) is 4.21 Å². The molecule has 1 rings (SSSR count). The van der Waals surface area contributed by atoms with Crippen molar-refractivity contribution < 1.29 is 26.3 Å². The Morgan fingerprint density at radius 1 is 1.33 bits per heavy atom. The lowest BCUT2D eigenvalue weighted by molar-refractivity contribution is -0.0939. The van der Waals surface area contributed by atoms with Gasteiger partial charge in [-0.3, -0.25) is 4.18 Å². The van der Waals surface area contributed by atoms with E-state index >= 15 is 0 Å². The summed E-state index contributed by atoms with van der Waals surface area (Å²) in [6, 6.07) is 0. The number of alkyl halides is 3. The third kappa shape index (κ3) is 4.08. The molecule has 0 aromatic rings. The molecule has 0 aromatic heterocycles. The second kappa shape index (κ2) is 4.80. The van der Waals surface area contributed by atoms with Gasteiger partial charge in [0, 0.05) is 0 Å². The van der Waals surface area contributed by atoms with E-state index in [0.717, 1.165) is 19.3 Å². The van der Waals surface area contributed by atoms with Gasteiger partial charge in [0.2, 0.25) is 0 Å². The van der Waals surface area contributed by atoms with Gasteiger partial charge in [0.25, 0.3) is 11.1 Å². The molecule has 0 radical (unpaired) electrons. The second-order valence-corrected chi connectivity index (χ2v) is 4.82. The highest BCUT2D eigenvalue weighted by Gasteiger charge is 2.39. The lowest BCUT2D eigenvalue weighted by atomic mass is 9.82. The van der Waals surface area contributed by atoms with E-state index in [1.54, 1.807) is 0 Å². The van der Waals surface area contributed by atoms with E-state index in [9.17, 15) is 17.4 Å². The van der Waals surface area contributed by atoms with Crippen LogP contribution >= 0.6 is 0 Å². The molecule has 1 aliphatic rings. The Labute approximate surface area is 88.6 Å². The summed E-state index contributed by atoms with van der Waals surface area (Å²) in [4.78, 5) is 0. The van der Waals surface area contributed by atoms with Crippen LogP contribution in [0.15, 0.2) is 0 Å². The molecule has 0 bridgehead atoms. The van der Waals surface area contributed by atoms with Crippen molar-refractivity contribution in [2.75, 3.05) is 13.2 Å². The van der Waals surface area contributed by atoms with Crippen molar-refractivity contribution in [3.63, 3.8) is 0 Å². The monoisotopic (exact) mass is 246 g/mol. The summed E-state index contributed by atoms with van der Waals surface area (Å²) in [5.74, 6) is 0. The molecule has 0 spiro atoms. The predicted molar refractivity (Wildman–Crippen MR) is 48.4 cm³/mol. The number of rotatable bonds is 5. The Morgan fingerprint density at radius 2 is 1.93 bits per heavy atom. The summed E-state index contributed by atoms with van der Waals surface area (Å²) in [5.41, 5.74) is -5.02. The summed E-state index contributed by atoms with van der Waals surface area (Å²) in [5, 5.41) is 0. The number of ether oxygens (including phenoxy) is 1. The number of halogens is 3. The van der Waals surface area contributed by atoms with E-state index in [2.05, 4.69) is 4.18 Å². The molecule has 90 valence electrons. The second-order valence-electron chi connectivity index (χ2n) is 3.65. The Morgan fingerprint density at radius 3 is 2.33 bits per heavy atom. The molecule has 15 heavy (non-hydrogen) atoms. The van der Waals surface area contributed by atoms with Crippen LogP contribution in [0.3, 0.4) is 0 Å². The van der Waals surface area contributed by atoms with Crippen LogP contribution in [0.5, 0.6) is 0 Å². The van der Waals surface area contributed by atoms with Crippen LogP contribution in [-0.4, -0.2) is 28.5 Å². The topological polar surface area (TPSA) is 35.5 Å². The molecule has 0 amide bonds. The van der Waals surface area contributed by atoms with Crippen molar-refractivity contribution >= 4 is 11.1 Å². The molecule has 1 fully saturated rings. The van der Waals surface area contributed by atoms with E-state index in [1.165, 1.54) is 0 Å². The maximum atomic E-state index is 11.7. The van der Waals surface area contributed by atoms with Crippen LogP contribution in [0.1, 0.15) is 26.2 Å². The fourth-order valence-electron chi connectivity index (χ4n) is 1.28. The van der Waals surface area contributed by atoms with Crippen molar-refractivity contribution in [2.45, 2.75) is 37.3 Å². The molecule has 1 saturated carbocycles. The van der Waals surface area contributed by atoms with Crippen LogP contribution in [0.2, 0.25) is 0 Å². The normalized spacial score (nSPS) is 22.1. The van der Waals surface area contributed by atoms with Gasteiger partial charge in [0.05, 0.1) is 18.8 Å². The Kier molecular flexibility index (Phi) is 4.13. The zero-order valence-corrected chi connectivity index (χ0v) is 9.12. The Balaban J connectivity index is 2.09. The van der Waals surface area contributed by atoms with E-state index in [-0.39, 0.29) is 18.8 Å². The molecule has 0 N–H and O–H groups in total.